The van der Waals surface area contributed by atoms with E-state index in [4.69, 9.17) is 16.3 Å². The number of rotatable bonds is 12. The van der Waals surface area contributed by atoms with Crippen LogP contribution < -0.4 is 14.4 Å². The lowest BCUT2D eigenvalue weighted by atomic mass is 10.0. The maximum Gasteiger partial charge on any atom is 0.244 e. The molecule has 1 aliphatic rings. The summed E-state index contributed by atoms with van der Waals surface area (Å²) in [6.45, 7) is 1.33. The number of nitrogens with zero attached hydrogens (tertiary/aromatic N) is 2. The molecule has 3 aromatic rings. The number of amides is 2. The first-order valence-electron chi connectivity index (χ1n) is 14.1. The number of methoxy groups -OCH3 is 1. The largest absolute Gasteiger partial charge is 0.495 e. The summed E-state index contributed by atoms with van der Waals surface area (Å²) in [6.07, 6.45) is 5.15. The first-order chi connectivity index (χ1) is 20.1. The normalized spacial score (nSPS) is 14.3. The first kappa shape index (κ1) is 31.4. The molecule has 0 saturated heterocycles. The third-order valence-electron chi connectivity index (χ3n) is 7.55. The maximum atomic E-state index is 14.3. The van der Waals surface area contributed by atoms with Gasteiger partial charge in [0.2, 0.25) is 21.8 Å². The van der Waals surface area contributed by atoms with Crippen LogP contribution in [0.1, 0.15) is 42.4 Å². The molecule has 1 atom stereocenters. The summed E-state index contributed by atoms with van der Waals surface area (Å²) in [6, 6.07) is 20.9. The van der Waals surface area contributed by atoms with Gasteiger partial charge in [0.15, 0.2) is 0 Å². The molecule has 8 nitrogen and oxygen atoms in total. The number of benzene rings is 3. The van der Waals surface area contributed by atoms with E-state index in [1.54, 1.807) is 36.4 Å². The van der Waals surface area contributed by atoms with Crippen molar-refractivity contribution in [2.75, 3.05) is 24.2 Å². The van der Waals surface area contributed by atoms with Crippen molar-refractivity contribution >= 4 is 39.1 Å². The number of halogens is 1. The lowest BCUT2D eigenvalue weighted by Crippen LogP contribution is -2.54. The predicted molar refractivity (Wildman–Crippen MR) is 166 cm³/mol. The zero-order valence-corrected chi connectivity index (χ0v) is 25.8. The van der Waals surface area contributed by atoms with Gasteiger partial charge in [0, 0.05) is 24.0 Å². The highest BCUT2D eigenvalue weighted by Gasteiger charge is 2.35. The monoisotopic (exact) mass is 611 g/mol. The van der Waals surface area contributed by atoms with E-state index in [0.717, 1.165) is 47.4 Å². The molecule has 10 heteroatoms. The van der Waals surface area contributed by atoms with E-state index in [1.165, 1.54) is 12.0 Å². The van der Waals surface area contributed by atoms with Crippen LogP contribution in [0.5, 0.6) is 5.75 Å². The second-order valence-electron chi connectivity index (χ2n) is 10.8. The Morgan fingerprint density at radius 3 is 2.33 bits per heavy atom. The summed E-state index contributed by atoms with van der Waals surface area (Å²) in [5.74, 6) is -0.493. The number of nitrogens with one attached hydrogen (secondary N) is 1. The highest BCUT2D eigenvalue weighted by atomic mass is 35.5. The van der Waals surface area contributed by atoms with Gasteiger partial charge in [-0.15, -0.1) is 0 Å². The Bertz CT molecular complexity index is 1490. The number of hydrogen-bond acceptors (Lipinski definition) is 5. The number of carbonyl (C=O) groups excluding carboxylic acids is 2. The van der Waals surface area contributed by atoms with Gasteiger partial charge in [0.1, 0.15) is 18.3 Å². The Kier molecular flexibility index (Phi) is 10.5. The molecule has 0 unspecified atom stereocenters. The van der Waals surface area contributed by atoms with E-state index in [9.17, 15) is 18.0 Å². The number of sulfonamides is 1. The molecule has 0 heterocycles. The van der Waals surface area contributed by atoms with Gasteiger partial charge in [-0.1, -0.05) is 79.0 Å². The number of hydrogen-bond donors (Lipinski definition) is 1. The van der Waals surface area contributed by atoms with Crippen molar-refractivity contribution in [2.45, 2.75) is 57.7 Å². The fraction of sp³-hybridized carbons (Fsp3) is 0.375. The van der Waals surface area contributed by atoms with Gasteiger partial charge >= 0.3 is 0 Å². The van der Waals surface area contributed by atoms with E-state index < -0.39 is 28.5 Å². The second kappa shape index (κ2) is 14.1. The van der Waals surface area contributed by atoms with E-state index in [2.05, 4.69) is 5.32 Å². The molecule has 3 aromatic carbocycles. The average molecular weight is 612 g/mol. The summed E-state index contributed by atoms with van der Waals surface area (Å²) in [5.41, 5.74) is 2.58. The van der Waals surface area contributed by atoms with Gasteiger partial charge in [0.05, 0.1) is 19.1 Å². The van der Waals surface area contributed by atoms with Gasteiger partial charge in [-0.25, -0.2) is 8.42 Å². The summed E-state index contributed by atoms with van der Waals surface area (Å²) in [4.78, 5) is 29.7. The molecule has 0 aliphatic heterocycles. The minimum Gasteiger partial charge on any atom is -0.495 e. The molecule has 1 saturated carbocycles. The Morgan fingerprint density at radius 1 is 1.02 bits per heavy atom. The SMILES string of the molecule is COc1ccc(C)cc1N(CC(=O)N(Cc1ccccc1Cl)[C@@H](Cc1ccccc1)C(=O)NC1CCCC1)S(C)(=O)=O. The molecule has 0 aromatic heterocycles. The van der Waals surface area contributed by atoms with Crippen molar-refractivity contribution in [3.05, 3.63) is 94.5 Å². The zero-order chi connectivity index (χ0) is 30.3. The summed E-state index contributed by atoms with van der Waals surface area (Å²) < 4.78 is 32.7. The van der Waals surface area contributed by atoms with Gasteiger partial charge in [-0.3, -0.25) is 13.9 Å². The minimum absolute atomic E-state index is 0.0245. The van der Waals surface area contributed by atoms with Crippen molar-refractivity contribution in [1.29, 1.82) is 0 Å². The third kappa shape index (κ3) is 8.04. The molecule has 1 aliphatic carbocycles. The molecule has 0 bridgehead atoms. The molecule has 4 rings (SSSR count). The van der Waals surface area contributed by atoms with Crippen LogP contribution in [0.15, 0.2) is 72.8 Å². The smallest absolute Gasteiger partial charge is 0.244 e. The fourth-order valence-electron chi connectivity index (χ4n) is 5.32. The number of aryl methyl sites for hydroxylation is 1. The molecule has 2 amide bonds. The van der Waals surface area contributed by atoms with Gasteiger partial charge in [-0.2, -0.15) is 0 Å². The lowest BCUT2D eigenvalue weighted by Gasteiger charge is -2.34. The highest BCUT2D eigenvalue weighted by molar-refractivity contribution is 7.92. The van der Waals surface area contributed by atoms with Crippen LogP contribution in [0, 0.1) is 6.92 Å². The van der Waals surface area contributed by atoms with Crippen LogP contribution in [0.4, 0.5) is 5.69 Å². The quantitative estimate of drug-likeness (QED) is 0.307. The van der Waals surface area contributed by atoms with E-state index in [1.807, 2.05) is 43.3 Å². The first-order valence-corrected chi connectivity index (χ1v) is 16.3. The van der Waals surface area contributed by atoms with Gasteiger partial charge < -0.3 is 15.0 Å². The van der Waals surface area contributed by atoms with Crippen molar-refractivity contribution in [1.82, 2.24) is 10.2 Å². The summed E-state index contributed by atoms with van der Waals surface area (Å²) in [5, 5.41) is 3.61. The molecule has 0 spiro atoms. The topological polar surface area (TPSA) is 96.0 Å². The average Bonchev–Trinajstić information content (AvgIpc) is 3.47. The lowest BCUT2D eigenvalue weighted by molar-refractivity contribution is -0.140. The zero-order valence-electron chi connectivity index (χ0n) is 24.3. The van der Waals surface area contributed by atoms with E-state index in [0.29, 0.717) is 16.3 Å². The van der Waals surface area contributed by atoms with Crippen LogP contribution in [0.2, 0.25) is 5.02 Å². The third-order valence-corrected chi connectivity index (χ3v) is 9.05. The Morgan fingerprint density at radius 2 is 1.69 bits per heavy atom. The number of anilines is 1. The van der Waals surface area contributed by atoms with Crippen molar-refractivity contribution in [3.63, 3.8) is 0 Å². The number of carbonyl (C=O) groups is 2. The van der Waals surface area contributed by atoms with Crippen LogP contribution in [0.25, 0.3) is 0 Å². The second-order valence-corrected chi connectivity index (χ2v) is 13.1. The molecule has 42 heavy (non-hydrogen) atoms. The van der Waals surface area contributed by atoms with Crippen LogP contribution in [-0.4, -0.2) is 57.1 Å². The maximum absolute atomic E-state index is 14.3. The Labute approximate surface area is 253 Å². The van der Waals surface area contributed by atoms with Crippen molar-refractivity contribution < 1.29 is 22.7 Å². The molecule has 0 radical (unpaired) electrons. The molecule has 224 valence electrons. The number of ether oxygens (including phenoxy) is 1. The Balaban J connectivity index is 1.76. The summed E-state index contributed by atoms with van der Waals surface area (Å²) >= 11 is 6.52. The van der Waals surface area contributed by atoms with E-state index >= 15 is 0 Å². The van der Waals surface area contributed by atoms with Crippen LogP contribution in [-0.2, 0) is 32.6 Å². The Hall–Kier alpha value is -3.56. The van der Waals surface area contributed by atoms with Gasteiger partial charge in [0.25, 0.3) is 0 Å². The standard InChI is InChI=1S/C32H38ClN3O5S/c1-23-17-18-30(41-2)28(19-23)36(42(3,39)40)22-31(37)35(21-25-13-7-10-16-27(25)33)29(20-24-11-5-4-6-12-24)32(38)34-26-14-8-9-15-26/h4-7,10-13,16-19,26,29H,8-9,14-15,20-22H2,1-3H3,(H,34,38)/t29-/m0/s1. The molecule has 1 fully saturated rings. The summed E-state index contributed by atoms with van der Waals surface area (Å²) in [7, 11) is -2.47. The van der Waals surface area contributed by atoms with Crippen LogP contribution >= 0.6 is 11.6 Å². The molecule has 1 N–H and O–H groups in total. The van der Waals surface area contributed by atoms with Crippen LogP contribution in [0.3, 0.4) is 0 Å². The highest BCUT2D eigenvalue weighted by Crippen LogP contribution is 2.31. The van der Waals surface area contributed by atoms with E-state index in [-0.39, 0.29) is 30.6 Å². The molecular weight excluding hydrogens is 574 g/mol. The fourth-order valence-corrected chi connectivity index (χ4v) is 6.36. The van der Waals surface area contributed by atoms with Crippen molar-refractivity contribution in [3.8, 4) is 5.75 Å². The minimum atomic E-state index is -3.92. The molecular formula is C32H38ClN3O5S. The van der Waals surface area contributed by atoms with Crippen molar-refractivity contribution in [2.24, 2.45) is 0 Å². The van der Waals surface area contributed by atoms with Gasteiger partial charge in [-0.05, 0) is 54.7 Å². The predicted octanol–water partition coefficient (Wildman–Crippen LogP) is 5.12.